The predicted octanol–water partition coefficient (Wildman–Crippen LogP) is 3.21. The molecule has 0 aliphatic carbocycles. The second-order valence-corrected chi connectivity index (χ2v) is 9.08. The number of hydrogen-bond acceptors (Lipinski definition) is 11. The summed E-state index contributed by atoms with van der Waals surface area (Å²) in [5.74, 6) is -1.92. The Bertz CT molecular complexity index is 1080. The highest BCUT2D eigenvalue weighted by molar-refractivity contribution is 5.94. The Hall–Kier alpha value is -3.80. The van der Waals surface area contributed by atoms with Gasteiger partial charge in [0.25, 0.3) is 0 Å². The minimum Gasteiger partial charge on any atom is -0.462 e. The van der Waals surface area contributed by atoms with E-state index in [9.17, 15) is 24.3 Å². The van der Waals surface area contributed by atoms with Crippen molar-refractivity contribution in [1.82, 2.24) is 0 Å². The Kier molecular flexibility index (Phi) is 15.7. The van der Waals surface area contributed by atoms with Gasteiger partial charge in [-0.2, -0.15) is 0 Å². The van der Waals surface area contributed by atoms with Gasteiger partial charge in [0, 0.05) is 13.7 Å². The van der Waals surface area contributed by atoms with Crippen LogP contribution in [0.15, 0.2) is 48.5 Å². The van der Waals surface area contributed by atoms with Crippen LogP contribution < -0.4 is 0 Å². The summed E-state index contributed by atoms with van der Waals surface area (Å²) in [6.45, 7) is 0.508. The van der Waals surface area contributed by atoms with Crippen molar-refractivity contribution in [3.8, 4) is 0 Å². The third kappa shape index (κ3) is 12.5. The highest BCUT2D eigenvalue weighted by atomic mass is 16.6. The lowest BCUT2D eigenvalue weighted by Crippen LogP contribution is -2.12. The molecule has 11 nitrogen and oxygen atoms in total. The van der Waals surface area contributed by atoms with E-state index in [-0.39, 0.29) is 51.1 Å². The summed E-state index contributed by atoms with van der Waals surface area (Å²) >= 11 is 0. The van der Waals surface area contributed by atoms with Gasteiger partial charge in [0.1, 0.15) is 13.2 Å². The molecular weight excluding hydrogens is 536 g/mol. The van der Waals surface area contributed by atoms with E-state index >= 15 is 0 Å². The molecule has 0 bridgehead atoms. The molecule has 224 valence electrons. The maximum Gasteiger partial charge on any atom is 0.338 e. The zero-order chi connectivity index (χ0) is 29.9. The van der Waals surface area contributed by atoms with E-state index in [2.05, 4.69) is 0 Å². The molecule has 0 aromatic heterocycles. The third-order valence-electron chi connectivity index (χ3n) is 6.07. The normalized spacial score (nSPS) is 11.4. The van der Waals surface area contributed by atoms with Crippen molar-refractivity contribution in [1.29, 1.82) is 0 Å². The molecule has 0 aliphatic rings. The van der Waals surface area contributed by atoms with Gasteiger partial charge < -0.3 is 33.9 Å². The molecule has 0 amide bonds. The van der Waals surface area contributed by atoms with Gasteiger partial charge in [-0.25, -0.2) is 19.2 Å². The van der Waals surface area contributed by atoms with Gasteiger partial charge in [0.05, 0.1) is 48.7 Å². The number of benzene rings is 2. The second kappa shape index (κ2) is 19.3. The van der Waals surface area contributed by atoms with Crippen LogP contribution in [0.25, 0.3) is 0 Å². The van der Waals surface area contributed by atoms with Crippen molar-refractivity contribution >= 4 is 23.9 Å². The molecule has 0 saturated carbocycles. The number of methoxy groups -OCH3 is 1. The lowest BCUT2D eigenvalue weighted by Gasteiger charge is -2.16. The van der Waals surface area contributed by atoms with Gasteiger partial charge in [-0.05, 0) is 86.6 Å². The van der Waals surface area contributed by atoms with Crippen LogP contribution in [0.3, 0.4) is 0 Å². The fourth-order valence-corrected chi connectivity index (χ4v) is 3.86. The molecular formula is C30H38O11. The Morgan fingerprint density at radius 1 is 0.537 bits per heavy atom. The second-order valence-electron chi connectivity index (χ2n) is 9.08. The van der Waals surface area contributed by atoms with Crippen LogP contribution in [-0.2, 0) is 23.7 Å². The molecule has 0 heterocycles. The van der Waals surface area contributed by atoms with E-state index < -0.39 is 23.9 Å². The smallest absolute Gasteiger partial charge is 0.338 e. The van der Waals surface area contributed by atoms with Crippen molar-refractivity contribution in [3.63, 3.8) is 0 Å². The van der Waals surface area contributed by atoms with Crippen molar-refractivity contribution in [2.75, 3.05) is 53.4 Å². The number of esters is 4. The van der Waals surface area contributed by atoms with Crippen LogP contribution in [0.1, 0.15) is 73.5 Å². The number of aliphatic hydroxyl groups is 2. The van der Waals surface area contributed by atoms with Gasteiger partial charge in [-0.15, -0.1) is 0 Å². The van der Waals surface area contributed by atoms with E-state index in [4.69, 9.17) is 28.8 Å². The molecule has 1 unspecified atom stereocenters. The molecule has 41 heavy (non-hydrogen) atoms. The van der Waals surface area contributed by atoms with Crippen molar-refractivity contribution in [2.45, 2.75) is 32.1 Å². The number of aliphatic hydroxyl groups excluding tert-OH is 2. The fraction of sp³-hybridized carbons (Fsp3) is 0.467. The van der Waals surface area contributed by atoms with Crippen molar-refractivity contribution in [2.24, 2.45) is 5.92 Å². The van der Waals surface area contributed by atoms with Gasteiger partial charge >= 0.3 is 23.9 Å². The van der Waals surface area contributed by atoms with E-state index in [0.29, 0.717) is 42.6 Å². The molecule has 2 aromatic carbocycles. The Labute approximate surface area is 239 Å². The quantitative estimate of drug-likeness (QED) is 0.144. The number of rotatable bonds is 19. The minimum absolute atomic E-state index is 0.0254. The average molecular weight is 575 g/mol. The van der Waals surface area contributed by atoms with E-state index in [1.54, 1.807) is 0 Å². The summed E-state index contributed by atoms with van der Waals surface area (Å²) in [5.41, 5.74) is 1.21. The first-order valence-corrected chi connectivity index (χ1v) is 13.5. The van der Waals surface area contributed by atoms with Gasteiger partial charge in [0.15, 0.2) is 0 Å². The Balaban J connectivity index is 1.67. The number of carbonyl (C=O) groups excluding carboxylic acids is 4. The van der Waals surface area contributed by atoms with E-state index in [0.717, 1.165) is 12.8 Å². The summed E-state index contributed by atoms with van der Waals surface area (Å²) in [4.78, 5) is 48.3. The summed E-state index contributed by atoms with van der Waals surface area (Å²) in [5, 5.41) is 18.1. The van der Waals surface area contributed by atoms with Crippen LogP contribution in [-0.4, -0.2) is 87.4 Å². The summed E-state index contributed by atoms with van der Waals surface area (Å²) in [6, 6.07) is 11.9. The van der Waals surface area contributed by atoms with Gasteiger partial charge in [0.2, 0.25) is 0 Å². The van der Waals surface area contributed by atoms with Crippen LogP contribution in [0.4, 0.5) is 0 Å². The zero-order valence-corrected chi connectivity index (χ0v) is 23.3. The Morgan fingerprint density at radius 3 is 1.24 bits per heavy atom. The van der Waals surface area contributed by atoms with Crippen LogP contribution >= 0.6 is 0 Å². The molecule has 11 heteroatoms. The van der Waals surface area contributed by atoms with Gasteiger partial charge in [-0.3, -0.25) is 0 Å². The topological polar surface area (TPSA) is 155 Å². The highest BCUT2D eigenvalue weighted by Crippen LogP contribution is 2.18. The van der Waals surface area contributed by atoms with Crippen LogP contribution in [0.2, 0.25) is 0 Å². The largest absolute Gasteiger partial charge is 0.462 e. The maximum atomic E-state index is 12.3. The minimum atomic E-state index is -0.587. The molecule has 2 rings (SSSR count). The molecule has 0 spiro atoms. The molecule has 0 fully saturated rings. The van der Waals surface area contributed by atoms with Crippen molar-refractivity contribution in [3.05, 3.63) is 70.8 Å². The third-order valence-corrected chi connectivity index (χ3v) is 6.07. The predicted molar refractivity (Wildman–Crippen MR) is 147 cm³/mol. The number of carbonyl (C=O) groups is 4. The molecule has 2 aromatic rings. The maximum absolute atomic E-state index is 12.3. The molecule has 0 radical (unpaired) electrons. The highest BCUT2D eigenvalue weighted by Gasteiger charge is 2.14. The number of hydrogen-bond donors (Lipinski definition) is 2. The molecule has 0 saturated heterocycles. The summed E-state index contributed by atoms with van der Waals surface area (Å²) < 4.78 is 25.4. The molecule has 1 atom stereocenters. The van der Waals surface area contributed by atoms with Crippen molar-refractivity contribution < 1.29 is 53.1 Å². The monoisotopic (exact) mass is 574 g/mol. The lowest BCUT2D eigenvalue weighted by atomic mass is 9.95. The lowest BCUT2D eigenvalue weighted by molar-refractivity contribution is 0.0385. The molecule has 2 N–H and O–H groups in total. The number of ether oxygens (including phenoxy) is 5. The summed E-state index contributed by atoms with van der Waals surface area (Å²) in [6.07, 6.45) is 3.23. The van der Waals surface area contributed by atoms with E-state index in [1.165, 1.54) is 55.6 Å². The fourth-order valence-electron chi connectivity index (χ4n) is 3.86. The van der Waals surface area contributed by atoms with E-state index in [1.807, 2.05) is 0 Å². The first-order chi connectivity index (χ1) is 19.9. The standard InChI is InChI=1S/C30H38O11/c1-37-20-21-41-30(36)26-12-8-24(9-13-26)28(34)39-18-3-5-22(14-15-31)4-2-17-38-27(33)23-6-10-25(11-7-23)29(35)40-19-16-32/h6-13,22,31-32H,2-5,14-21H2,1H3. The first kappa shape index (κ1) is 33.4. The SMILES string of the molecule is COCCOC(=O)c1ccc(C(=O)OCCCC(CCO)CCCOC(=O)c2ccc(C(=O)OCCO)cc2)cc1. The van der Waals surface area contributed by atoms with Gasteiger partial charge in [-0.1, -0.05) is 0 Å². The van der Waals surface area contributed by atoms with Crippen LogP contribution in [0.5, 0.6) is 0 Å². The summed E-state index contributed by atoms with van der Waals surface area (Å²) in [7, 11) is 1.51. The van der Waals surface area contributed by atoms with Crippen LogP contribution in [0, 0.1) is 5.92 Å². The first-order valence-electron chi connectivity index (χ1n) is 13.5. The zero-order valence-electron chi connectivity index (χ0n) is 23.3. The molecule has 0 aliphatic heterocycles. The average Bonchev–Trinajstić information content (AvgIpc) is 3.00. The Morgan fingerprint density at radius 2 is 0.902 bits per heavy atom.